The standard InChI is InChI=1S/C57H92O20/c1-33(66-25-37(5)70-53(58)41-9-13-45-49(17-41)74-45)21-62-29-57(30-63-22-34(2)67-26-38(6)71-54(59)42-10-14-46-50(18-42)75-46,31-64-23-35(3)68-27-39(7)72-55(60)43-11-15-47-51(19-43)76-47)32-65-24-36(4)69-28-40(8)73-56(61)44-12-16-48-52(20-44)77-48/h33-52H,9-32H2,1-8H3. The minimum Gasteiger partial charge on any atom is -0.460 e. The maximum atomic E-state index is 12.9. The molecule has 4 saturated carbocycles. The van der Waals surface area contributed by atoms with Crippen LogP contribution in [0.15, 0.2) is 0 Å². The molecule has 20 unspecified atom stereocenters. The zero-order chi connectivity index (χ0) is 54.6. The van der Waals surface area contributed by atoms with Crippen LogP contribution in [0.25, 0.3) is 0 Å². The Morgan fingerprint density at radius 1 is 0.325 bits per heavy atom. The van der Waals surface area contributed by atoms with Gasteiger partial charge in [0.05, 0.1) is 182 Å². The Hall–Kier alpha value is -2.60. The molecule has 440 valence electrons. The highest BCUT2D eigenvalue weighted by atomic mass is 16.6. The number of esters is 4. The van der Waals surface area contributed by atoms with Crippen molar-refractivity contribution in [3.8, 4) is 0 Å². The van der Waals surface area contributed by atoms with Crippen molar-refractivity contribution in [2.24, 2.45) is 29.1 Å². The average Bonchev–Trinajstić information content (AvgIpc) is 4.20. The monoisotopic (exact) mass is 1100 g/mol. The summed E-state index contributed by atoms with van der Waals surface area (Å²) < 4.78 is 95.7. The van der Waals surface area contributed by atoms with E-state index in [0.29, 0.717) is 50.1 Å². The molecule has 0 bridgehead atoms. The largest absolute Gasteiger partial charge is 0.460 e. The molecule has 20 nitrogen and oxygen atoms in total. The Kier molecular flexibility index (Phi) is 22.7. The second-order valence-electron chi connectivity index (χ2n) is 24.0. The molecule has 0 aromatic rings. The zero-order valence-corrected chi connectivity index (χ0v) is 47.2. The van der Waals surface area contributed by atoms with Crippen LogP contribution in [0.1, 0.15) is 132 Å². The Morgan fingerprint density at radius 3 is 0.753 bits per heavy atom. The number of hydrogen-bond donors (Lipinski definition) is 0. The molecule has 8 rings (SSSR count). The van der Waals surface area contributed by atoms with Crippen LogP contribution in [-0.2, 0) is 95.0 Å². The molecule has 4 aliphatic heterocycles. The van der Waals surface area contributed by atoms with Crippen molar-refractivity contribution >= 4 is 23.9 Å². The predicted octanol–water partition coefficient (Wildman–Crippen LogP) is 5.66. The zero-order valence-electron chi connectivity index (χ0n) is 47.2. The Balaban J connectivity index is 0.832. The van der Waals surface area contributed by atoms with Crippen LogP contribution in [0.4, 0.5) is 0 Å². The summed E-state index contributed by atoms with van der Waals surface area (Å²) >= 11 is 0. The Labute approximate surface area is 456 Å². The van der Waals surface area contributed by atoms with E-state index in [0.717, 1.165) is 51.4 Å². The average molecular weight is 1100 g/mol. The van der Waals surface area contributed by atoms with Crippen LogP contribution in [0.5, 0.6) is 0 Å². The van der Waals surface area contributed by atoms with Crippen molar-refractivity contribution in [3.63, 3.8) is 0 Å². The predicted molar refractivity (Wildman–Crippen MR) is 274 cm³/mol. The van der Waals surface area contributed by atoms with Crippen molar-refractivity contribution in [3.05, 3.63) is 0 Å². The lowest BCUT2D eigenvalue weighted by atomic mass is 9.89. The lowest BCUT2D eigenvalue weighted by Gasteiger charge is -2.34. The fraction of sp³-hybridized carbons (Fsp3) is 0.930. The van der Waals surface area contributed by atoms with Gasteiger partial charge in [-0.2, -0.15) is 0 Å². The maximum absolute atomic E-state index is 12.9. The molecule has 20 heteroatoms. The number of carbonyl (C=O) groups excluding carboxylic acids is 4. The van der Waals surface area contributed by atoms with E-state index >= 15 is 0 Å². The molecular weight excluding hydrogens is 1000 g/mol. The molecule has 77 heavy (non-hydrogen) atoms. The van der Waals surface area contributed by atoms with Gasteiger partial charge >= 0.3 is 23.9 Å². The lowest BCUT2D eigenvalue weighted by molar-refractivity contribution is -0.161. The number of fused-ring (bicyclic) bond motifs is 4. The SMILES string of the molecule is CC(COCC(COCC(C)OCC(C)OC(=O)C1CCC2OC2C1)(COCC(C)OCC(C)OC(=O)C1CCC2OC2C1)COCC(C)OCC(C)OC(=O)C1CCC2OC2C1)OCC(C)OC(=O)C1CCC2OC2C1. The molecular formula is C57H92O20. The summed E-state index contributed by atoms with van der Waals surface area (Å²) in [6, 6.07) is 0. The molecule has 20 atom stereocenters. The molecule has 4 aliphatic carbocycles. The van der Waals surface area contributed by atoms with Crippen LogP contribution in [0.2, 0.25) is 0 Å². The van der Waals surface area contributed by atoms with E-state index in [9.17, 15) is 19.2 Å². The van der Waals surface area contributed by atoms with E-state index in [1.165, 1.54) is 0 Å². The van der Waals surface area contributed by atoms with Gasteiger partial charge in [-0.3, -0.25) is 19.2 Å². The molecule has 0 N–H and O–H groups in total. The third-order valence-electron chi connectivity index (χ3n) is 16.1. The molecule has 0 spiro atoms. The van der Waals surface area contributed by atoms with Gasteiger partial charge < -0.3 is 75.8 Å². The van der Waals surface area contributed by atoms with Gasteiger partial charge in [-0.05, 0) is 132 Å². The highest BCUT2D eigenvalue weighted by molar-refractivity contribution is 5.74. The topological polar surface area (TPSA) is 229 Å². The smallest absolute Gasteiger partial charge is 0.309 e. The molecule has 8 aliphatic rings. The quantitative estimate of drug-likeness (QED) is 0.0419. The van der Waals surface area contributed by atoms with E-state index in [1.54, 1.807) is 0 Å². The van der Waals surface area contributed by atoms with E-state index in [4.69, 9.17) is 75.8 Å². The van der Waals surface area contributed by atoms with Crippen LogP contribution in [0.3, 0.4) is 0 Å². The second kappa shape index (κ2) is 28.9. The van der Waals surface area contributed by atoms with Gasteiger partial charge in [0.15, 0.2) is 0 Å². The number of epoxide rings is 4. The van der Waals surface area contributed by atoms with E-state index < -0.39 is 29.8 Å². The highest BCUT2D eigenvalue weighted by Gasteiger charge is 2.49. The number of hydrogen-bond acceptors (Lipinski definition) is 20. The van der Waals surface area contributed by atoms with E-state index in [1.807, 2.05) is 55.4 Å². The lowest BCUT2D eigenvalue weighted by Crippen LogP contribution is -2.44. The third-order valence-corrected chi connectivity index (χ3v) is 16.1. The van der Waals surface area contributed by atoms with Gasteiger partial charge in [0.1, 0.15) is 24.4 Å². The second-order valence-corrected chi connectivity index (χ2v) is 24.0. The van der Waals surface area contributed by atoms with Crippen LogP contribution in [0, 0.1) is 29.1 Å². The van der Waals surface area contributed by atoms with Crippen LogP contribution in [-0.4, -0.2) is 201 Å². The molecule has 0 aromatic heterocycles. The van der Waals surface area contributed by atoms with Crippen molar-refractivity contribution in [1.82, 2.24) is 0 Å². The van der Waals surface area contributed by atoms with Gasteiger partial charge in [-0.15, -0.1) is 0 Å². The maximum Gasteiger partial charge on any atom is 0.309 e. The van der Waals surface area contributed by atoms with Gasteiger partial charge in [0.2, 0.25) is 0 Å². The first-order chi connectivity index (χ1) is 37.0. The fourth-order valence-electron chi connectivity index (χ4n) is 11.2. The third kappa shape index (κ3) is 19.8. The minimum atomic E-state index is -0.862. The first kappa shape index (κ1) is 60.5. The van der Waals surface area contributed by atoms with Crippen LogP contribution < -0.4 is 0 Å². The van der Waals surface area contributed by atoms with Crippen molar-refractivity contribution in [1.29, 1.82) is 0 Å². The normalized spacial score (nSPS) is 33.6. The first-order valence-electron chi connectivity index (χ1n) is 29.2. The van der Waals surface area contributed by atoms with E-state index in [2.05, 4.69) is 0 Å². The molecule has 0 radical (unpaired) electrons. The van der Waals surface area contributed by atoms with Crippen molar-refractivity contribution in [2.75, 3.05) is 79.3 Å². The van der Waals surface area contributed by atoms with E-state index in [-0.39, 0.29) is 176 Å². The summed E-state index contributed by atoms with van der Waals surface area (Å²) in [5.74, 6) is -1.43. The minimum absolute atomic E-state index is 0.150. The number of ether oxygens (including phenoxy) is 16. The summed E-state index contributed by atoms with van der Waals surface area (Å²) in [7, 11) is 0. The van der Waals surface area contributed by atoms with Gasteiger partial charge in [-0.1, -0.05) is 0 Å². The summed E-state index contributed by atoms with van der Waals surface area (Å²) in [5.41, 5.74) is -0.862. The molecule has 4 saturated heterocycles. The Bertz CT molecular complexity index is 1610. The number of carbonyl (C=O) groups is 4. The molecule has 0 aromatic carbocycles. The summed E-state index contributed by atoms with van der Waals surface area (Å²) in [5, 5.41) is 0. The van der Waals surface area contributed by atoms with Gasteiger partial charge in [0.25, 0.3) is 0 Å². The van der Waals surface area contributed by atoms with Crippen molar-refractivity contribution in [2.45, 2.75) is 230 Å². The van der Waals surface area contributed by atoms with Crippen molar-refractivity contribution < 1.29 is 95.0 Å². The first-order valence-corrected chi connectivity index (χ1v) is 29.2. The summed E-state index contributed by atoms with van der Waals surface area (Å²) in [4.78, 5) is 51.6. The fourth-order valence-corrected chi connectivity index (χ4v) is 11.2. The van der Waals surface area contributed by atoms with Crippen LogP contribution >= 0.6 is 0 Å². The summed E-state index contributed by atoms with van der Waals surface area (Å²) in [6.07, 6.45) is 8.27. The molecule has 4 heterocycles. The Morgan fingerprint density at radius 2 is 0.545 bits per heavy atom. The summed E-state index contributed by atoms with van der Waals surface area (Å²) in [6.45, 7) is 17.2. The van der Waals surface area contributed by atoms with Gasteiger partial charge in [0, 0.05) is 0 Å². The number of rotatable bonds is 36. The molecule has 0 amide bonds. The highest BCUT2D eigenvalue weighted by Crippen LogP contribution is 2.43. The molecule has 8 fully saturated rings. The van der Waals surface area contributed by atoms with Gasteiger partial charge in [-0.25, -0.2) is 0 Å².